The highest BCUT2D eigenvalue weighted by Gasteiger charge is 2.33. The lowest BCUT2D eigenvalue weighted by molar-refractivity contribution is -0.00636. The number of hydrogen-bond donors (Lipinski definition) is 1. The van der Waals surface area contributed by atoms with E-state index in [1.54, 1.807) is 0 Å². The van der Waals surface area contributed by atoms with E-state index in [-0.39, 0.29) is 0 Å². The number of fused-ring (bicyclic) bond motifs is 1. The smallest absolute Gasteiger partial charge is 0.125 e. The van der Waals surface area contributed by atoms with Gasteiger partial charge in [0.15, 0.2) is 0 Å². The van der Waals surface area contributed by atoms with Crippen molar-refractivity contribution < 1.29 is 9.84 Å². The number of para-hydroxylation sites is 1. The van der Waals surface area contributed by atoms with Crippen molar-refractivity contribution in [2.24, 2.45) is 0 Å². The number of hydrogen-bond acceptors (Lipinski definition) is 2. The molecule has 1 atom stereocenters. The van der Waals surface area contributed by atoms with Crippen molar-refractivity contribution in [3.63, 3.8) is 0 Å². The fraction of sp³-hybridized carbons (Fsp3) is 0.455. The second-order valence-electron chi connectivity index (χ2n) is 3.48. The van der Waals surface area contributed by atoms with Crippen molar-refractivity contribution in [1.82, 2.24) is 0 Å². The molecule has 0 bridgehead atoms. The first-order chi connectivity index (χ1) is 6.26. The van der Waals surface area contributed by atoms with E-state index >= 15 is 0 Å². The van der Waals surface area contributed by atoms with Crippen LogP contribution >= 0.6 is 0 Å². The van der Waals surface area contributed by atoms with Gasteiger partial charge in [-0.05, 0) is 12.5 Å². The molecular formula is C11H14O2. The van der Waals surface area contributed by atoms with Crippen molar-refractivity contribution in [2.75, 3.05) is 6.61 Å². The Morgan fingerprint density at radius 1 is 1.46 bits per heavy atom. The number of ether oxygens (including phenoxy) is 1. The van der Waals surface area contributed by atoms with Gasteiger partial charge in [-0.25, -0.2) is 0 Å². The largest absolute Gasteiger partial charge is 0.493 e. The first-order valence-electron chi connectivity index (χ1n) is 4.71. The van der Waals surface area contributed by atoms with Crippen molar-refractivity contribution in [2.45, 2.75) is 25.4 Å². The molecule has 2 rings (SSSR count). The van der Waals surface area contributed by atoms with Crippen LogP contribution in [0.5, 0.6) is 5.75 Å². The molecule has 1 aromatic carbocycles. The zero-order chi connectivity index (χ0) is 9.31. The number of aliphatic hydroxyl groups is 1. The summed E-state index contributed by atoms with van der Waals surface area (Å²) in [5, 5.41) is 10.3. The monoisotopic (exact) mass is 178 g/mol. The third kappa shape index (κ3) is 1.31. The topological polar surface area (TPSA) is 29.5 Å². The van der Waals surface area contributed by atoms with Gasteiger partial charge in [0.25, 0.3) is 0 Å². The van der Waals surface area contributed by atoms with Crippen LogP contribution in [-0.2, 0) is 5.60 Å². The zero-order valence-electron chi connectivity index (χ0n) is 7.79. The van der Waals surface area contributed by atoms with E-state index < -0.39 is 5.60 Å². The predicted octanol–water partition coefficient (Wildman–Crippen LogP) is 2.07. The lowest BCUT2D eigenvalue weighted by atomic mass is 9.86. The lowest BCUT2D eigenvalue weighted by Gasteiger charge is -2.33. The standard InChI is InChI=1S/C11H14O2/c1-2-11(12)7-8-13-10-6-4-3-5-9(10)11/h3-6,12H,2,7-8H2,1H3. The molecule has 1 N–H and O–H groups in total. The Bertz CT molecular complexity index is 309. The van der Waals surface area contributed by atoms with Crippen LogP contribution < -0.4 is 4.74 Å². The zero-order valence-corrected chi connectivity index (χ0v) is 7.79. The van der Waals surface area contributed by atoms with Gasteiger partial charge in [-0.15, -0.1) is 0 Å². The summed E-state index contributed by atoms with van der Waals surface area (Å²) in [5.41, 5.74) is 0.262. The maximum atomic E-state index is 10.3. The van der Waals surface area contributed by atoms with E-state index in [1.165, 1.54) is 0 Å². The highest BCUT2D eigenvalue weighted by Crippen LogP contribution is 2.38. The molecular weight excluding hydrogens is 164 g/mol. The summed E-state index contributed by atoms with van der Waals surface area (Å²) in [6, 6.07) is 7.72. The third-order valence-corrected chi connectivity index (χ3v) is 2.75. The van der Waals surface area contributed by atoms with Crippen LogP contribution in [0.15, 0.2) is 24.3 Å². The van der Waals surface area contributed by atoms with Crippen molar-refractivity contribution in [3.05, 3.63) is 29.8 Å². The van der Waals surface area contributed by atoms with Crippen molar-refractivity contribution in [1.29, 1.82) is 0 Å². The Labute approximate surface area is 78.2 Å². The Morgan fingerprint density at radius 2 is 2.23 bits per heavy atom. The summed E-state index contributed by atoms with van der Waals surface area (Å²) < 4.78 is 5.46. The molecule has 2 heteroatoms. The molecule has 0 aromatic heterocycles. The van der Waals surface area contributed by atoms with Gasteiger partial charge in [-0.3, -0.25) is 0 Å². The first kappa shape index (κ1) is 8.57. The summed E-state index contributed by atoms with van der Waals surface area (Å²) in [6.45, 7) is 2.61. The van der Waals surface area contributed by atoms with Gasteiger partial charge in [0, 0.05) is 12.0 Å². The normalized spacial score (nSPS) is 26.3. The molecule has 0 saturated carbocycles. The Kier molecular flexibility index (Phi) is 2.00. The van der Waals surface area contributed by atoms with Gasteiger partial charge >= 0.3 is 0 Å². The molecule has 0 saturated heterocycles. The number of benzene rings is 1. The number of rotatable bonds is 1. The van der Waals surface area contributed by atoms with E-state index in [4.69, 9.17) is 4.74 Å². The molecule has 1 unspecified atom stereocenters. The van der Waals surface area contributed by atoms with E-state index in [1.807, 2.05) is 31.2 Å². The van der Waals surface area contributed by atoms with Gasteiger partial charge in [0.2, 0.25) is 0 Å². The van der Waals surface area contributed by atoms with Crippen LogP contribution in [0.25, 0.3) is 0 Å². The van der Waals surface area contributed by atoms with Crippen LogP contribution in [0.2, 0.25) is 0 Å². The molecule has 0 aliphatic carbocycles. The fourth-order valence-electron chi connectivity index (χ4n) is 1.81. The second kappa shape index (κ2) is 3.04. The van der Waals surface area contributed by atoms with Crippen LogP contribution in [0.4, 0.5) is 0 Å². The highest BCUT2D eigenvalue weighted by molar-refractivity contribution is 5.39. The SMILES string of the molecule is CCC1(O)CCOc2ccccc21. The van der Waals surface area contributed by atoms with E-state index in [0.717, 1.165) is 17.7 Å². The third-order valence-electron chi connectivity index (χ3n) is 2.75. The fourth-order valence-corrected chi connectivity index (χ4v) is 1.81. The van der Waals surface area contributed by atoms with Gasteiger partial charge in [0.05, 0.1) is 12.2 Å². The molecule has 13 heavy (non-hydrogen) atoms. The quantitative estimate of drug-likeness (QED) is 0.713. The average Bonchev–Trinajstić information content (AvgIpc) is 2.19. The molecule has 0 fully saturated rings. The summed E-state index contributed by atoms with van der Waals surface area (Å²) in [6.07, 6.45) is 1.44. The van der Waals surface area contributed by atoms with E-state index in [9.17, 15) is 5.11 Å². The molecule has 1 aliphatic heterocycles. The van der Waals surface area contributed by atoms with Gasteiger partial charge in [-0.2, -0.15) is 0 Å². The van der Waals surface area contributed by atoms with Crippen LogP contribution in [0.1, 0.15) is 25.3 Å². The van der Waals surface area contributed by atoms with Crippen LogP contribution in [-0.4, -0.2) is 11.7 Å². The molecule has 1 aromatic rings. The van der Waals surface area contributed by atoms with Gasteiger partial charge in [-0.1, -0.05) is 25.1 Å². The van der Waals surface area contributed by atoms with Crippen LogP contribution in [0.3, 0.4) is 0 Å². The van der Waals surface area contributed by atoms with Gasteiger partial charge in [0.1, 0.15) is 5.75 Å². The van der Waals surface area contributed by atoms with Crippen molar-refractivity contribution >= 4 is 0 Å². The van der Waals surface area contributed by atoms with Crippen LogP contribution in [0, 0.1) is 0 Å². The predicted molar refractivity (Wildman–Crippen MR) is 50.7 cm³/mol. The summed E-state index contributed by atoms with van der Waals surface area (Å²) in [5.74, 6) is 0.832. The minimum atomic E-state index is -0.672. The molecule has 1 heterocycles. The maximum absolute atomic E-state index is 10.3. The summed E-state index contributed by atoms with van der Waals surface area (Å²) in [4.78, 5) is 0. The highest BCUT2D eigenvalue weighted by atomic mass is 16.5. The second-order valence-corrected chi connectivity index (χ2v) is 3.48. The molecule has 70 valence electrons. The molecule has 1 aliphatic rings. The lowest BCUT2D eigenvalue weighted by Crippen LogP contribution is -2.31. The van der Waals surface area contributed by atoms with E-state index in [2.05, 4.69) is 0 Å². The van der Waals surface area contributed by atoms with Crippen molar-refractivity contribution in [3.8, 4) is 5.75 Å². The minimum Gasteiger partial charge on any atom is -0.493 e. The summed E-state index contributed by atoms with van der Waals surface area (Å²) >= 11 is 0. The maximum Gasteiger partial charge on any atom is 0.125 e. The first-order valence-corrected chi connectivity index (χ1v) is 4.71. The Balaban J connectivity index is 2.48. The van der Waals surface area contributed by atoms with Gasteiger partial charge < -0.3 is 9.84 Å². The minimum absolute atomic E-state index is 0.612. The average molecular weight is 178 g/mol. The Morgan fingerprint density at radius 3 is 3.00 bits per heavy atom. The molecule has 0 radical (unpaired) electrons. The van der Waals surface area contributed by atoms with E-state index in [0.29, 0.717) is 13.0 Å². The summed E-state index contributed by atoms with van der Waals surface area (Å²) in [7, 11) is 0. The Hall–Kier alpha value is -1.02. The molecule has 0 amide bonds. The molecule has 2 nitrogen and oxygen atoms in total. The molecule has 0 spiro atoms.